The summed E-state index contributed by atoms with van der Waals surface area (Å²) in [6, 6.07) is 4.01. The standard InChI is InChI=1S/C17H25NO3/c1-13-8-9-18(15(12-13)16-5-3-11-21-16)17(19)7-6-14-4-2-10-20-14/h3,5,11,13-15H,2,4,6-10,12H2,1H3/t13-,14+,15+/m1/s1. The van der Waals surface area contributed by atoms with Crippen LogP contribution in [0.3, 0.4) is 0 Å². The number of hydrogen-bond acceptors (Lipinski definition) is 3. The Hall–Kier alpha value is -1.29. The molecule has 1 aromatic heterocycles. The largest absolute Gasteiger partial charge is 0.467 e. The molecule has 3 heterocycles. The minimum Gasteiger partial charge on any atom is -0.467 e. The Labute approximate surface area is 126 Å². The molecule has 0 N–H and O–H groups in total. The molecule has 0 bridgehead atoms. The average Bonchev–Trinajstić information content (AvgIpc) is 3.18. The second-order valence-corrected chi connectivity index (χ2v) is 6.42. The lowest BCUT2D eigenvalue weighted by molar-refractivity contribution is -0.136. The zero-order valence-electron chi connectivity index (χ0n) is 12.8. The van der Waals surface area contributed by atoms with E-state index in [-0.39, 0.29) is 11.9 Å². The third-order valence-corrected chi connectivity index (χ3v) is 4.76. The van der Waals surface area contributed by atoms with Gasteiger partial charge in [0.15, 0.2) is 0 Å². The summed E-state index contributed by atoms with van der Waals surface area (Å²) in [6.45, 7) is 3.95. The van der Waals surface area contributed by atoms with Crippen LogP contribution in [0.15, 0.2) is 22.8 Å². The summed E-state index contributed by atoms with van der Waals surface area (Å²) in [7, 11) is 0. The van der Waals surface area contributed by atoms with Crippen molar-refractivity contribution < 1.29 is 13.9 Å². The minimum absolute atomic E-state index is 0.112. The van der Waals surface area contributed by atoms with Crippen molar-refractivity contribution in [3.8, 4) is 0 Å². The predicted molar refractivity (Wildman–Crippen MR) is 79.8 cm³/mol. The monoisotopic (exact) mass is 291 g/mol. The Bertz CT molecular complexity index is 451. The van der Waals surface area contributed by atoms with E-state index in [4.69, 9.17) is 9.15 Å². The van der Waals surface area contributed by atoms with Crippen molar-refractivity contribution in [1.82, 2.24) is 4.90 Å². The fourth-order valence-electron chi connectivity index (χ4n) is 3.49. The summed E-state index contributed by atoms with van der Waals surface area (Å²) in [4.78, 5) is 14.6. The molecular weight excluding hydrogens is 266 g/mol. The fraction of sp³-hybridized carbons (Fsp3) is 0.706. The van der Waals surface area contributed by atoms with Crippen molar-refractivity contribution in [2.75, 3.05) is 13.2 Å². The van der Waals surface area contributed by atoms with E-state index in [0.717, 1.165) is 51.0 Å². The van der Waals surface area contributed by atoms with Crippen molar-refractivity contribution >= 4 is 5.91 Å². The smallest absolute Gasteiger partial charge is 0.223 e. The van der Waals surface area contributed by atoms with Gasteiger partial charge in [0, 0.05) is 19.6 Å². The Morgan fingerprint density at radius 1 is 1.43 bits per heavy atom. The lowest BCUT2D eigenvalue weighted by Crippen LogP contribution is -2.40. The van der Waals surface area contributed by atoms with Crippen molar-refractivity contribution in [3.63, 3.8) is 0 Å². The van der Waals surface area contributed by atoms with Crippen molar-refractivity contribution in [2.24, 2.45) is 5.92 Å². The van der Waals surface area contributed by atoms with Gasteiger partial charge in [-0.2, -0.15) is 0 Å². The number of likely N-dealkylation sites (tertiary alicyclic amines) is 1. The summed E-state index contributed by atoms with van der Waals surface area (Å²) in [5.74, 6) is 1.81. The Morgan fingerprint density at radius 2 is 2.33 bits per heavy atom. The first-order valence-corrected chi connectivity index (χ1v) is 8.18. The van der Waals surface area contributed by atoms with Gasteiger partial charge in [-0.05, 0) is 50.2 Å². The quantitative estimate of drug-likeness (QED) is 0.852. The predicted octanol–water partition coefficient (Wildman–Crippen LogP) is 3.54. The molecule has 2 saturated heterocycles. The number of nitrogens with zero attached hydrogens (tertiary/aromatic N) is 1. The van der Waals surface area contributed by atoms with E-state index in [0.29, 0.717) is 18.4 Å². The molecule has 0 spiro atoms. The first-order chi connectivity index (χ1) is 10.2. The van der Waals surface area contributed by atoms with Crippen molar-refractivity contribution in [1.29, 1.82) is 0 Å². The molecule has 0 unspecified atom stereocenters. The molecule has 1 amide bonds. The molecule has 0 radical (unpaired) electrons. The Kier molecular flexibility index (Phi) is 4.63. The van der Waals surface area contributed by atoms with Crippen LogP contribution in [0.5, 0.6) is 0 Å². The summed E-state index contributed by atoms with van der Waals surface area (Å²) in [6.07, 6.45) is 7.76. The van der Waals surface area contributed by atoms with E-state index >= 15 is 0 Å². The summed E-state index contributed by atoms with van der Waals surface area (Å²) in [5, 5.41) is 0. The molecule has 2 aliphatic heterocycles. The molecule has 1 aromatic rings. The van der Waals surface area contributed by atoms with Gasteiger partial charge in [-0.1, -0.05) is 6.92 Å². The van der Waals surface area contributed by atoms with Crippen LogP contribution < -0.4 is 0 Å². The van der Waals surface area contributed by atoms with Crippen LogP contribution in [0, 0.1) is 5.92 Å². The van der Waals surface area contributed by atoms with Gasteiger partial charge in [0.2, 0.25) is 5.91 Å². The topological polar surface area (TPSA) is 42.7 Å². The van der Waals surface area contributed by atoms with Gasteiger partial charge in [-0.15, -0.1) is 0 Å². The van der Waals surface area contributed by atoms with E-state index in [1.807, 2.05) is 17.0 Å². The number of carbonyl (C=O) groups is 1. The molecule has 4 nitrogen and oxygen atoms in total. The van der Waals surface area contributed by atoms with E-state index in [1.54, 1.807) is 6.26 Å². The van der Waals surface area contributed by atoms with Gasteiger partial charge in [-0.3, -0.25) is 4.79 Å². The van der Waals surface area contributed by atoms with Crippen LogP contribution >= 0.6 is 0 Å². The van der Waals surface area contributed by atoms with Crippen molar-refractivity contribution in [2.45, 2.75) is 57.6 Å². The van der Waals surface area contributed by atoms with Gasteiger partial charge in [0.05, 0.1) is 18.4 Å². The van der Waals surface area contributed by atoms with E-state index < -0.39 is 0 Å². The van der Waals surface area contributed by atoms with Gasteiger partial charge >= 0.3 is 0 Å². The molecule has 0 saturated carbocycles. The number of amides is 1. The van der Waals surface area contributed by atoms with Crippen LogP contribution in [0.2, 0.25) is 0 Å². The Morgan fingerprint density at radius 3 is 3.05 bits per heavy atom. The van der Waals surface area contributed by atoms with Crippen LogP contribution in [0.1, 0.15) is 57.3 Å². The molecule has 3 rings (SSSR count). The fourth-order valence-corrected chi connectivity index (χ4v) is 3.49. The van der Waals surface area contributed by atoms with Crippen molar-refractivity contribution in [3.05, 3.63) is 24.2 Å². The molecule has 3 atom stereocenters. The van der Waals surface area contributed by atoms with E-state index in [2.05, 4.69) is 6.92 Å². The van der Waals surface area contributed by atoms with Crippen LogP contribution in [-0.2, 0) is 9.53 Å². The second kappa shape index (κ2) is 6.65. The molecule has 2 fully saturated rings. The zero-order chi connectivity index (χ0) is 14.7. The number of piperidine rings is 1. The maximum absolute atomic E-state index is 12.6. The van der Waals surface area contributed by atoms with Crippen LogP contribution in [0.25, 0.3) is 0 Å². The van der Waals surface area contributed by atoms with Gasteiger partial charge < -0.3 is 14.1 Å². The summed E-state index contributed by atoms with van der Waals surface area (Å²) >= 11 is 0. The second-order valence-electron chi connectivity index (χ2n) is 6.42. The summed E-state index contributed by atoms with van der Waals surface area (Å²) < 4.78 is 11.2. The third-order valence-electron chi connectivity index (χ3n) is 4.76. The number of hydrogen-bond donors (Lipinski definition) is 0. The number of carbonyl (C=O) groups excluding carboxylic acids is 1. The first-order valence-electron chi connectivity index (χ1n) is 8.18. The van der Waals surface area contributed by atoms with E-state index in [1.165, 1.54) is 0 Å². The van der Waals surface area contributed by atoms with Gasteiger partial charge in [0.25, 0.3) is 0 Å². The highest BCUT2D eigenvalue weighted by Gasteiger charge is 2.32. The third kappa shape index (κ3) is 3.49. The molecule has 21 heavy (non-hydrogen) atoms. The average molecular weight is 291 g/mol. The van der Waals surface area contributed by atoms with E-state index in [9.17, 15) is 4.79 Å². The maximum atomic E-state index is 12.6. The lowest BCUT2D eigenvalue weighted by Gasteiger charge is -2.37. The normalized spacial score (nSPS) is 29.8. The number of ether oxygens (including phenoxy) is 1. The maximum Gasteiger partial charge on any atom is 0.223 e. The molecule has 0 aliphatic carbocycles. The van der Waals surface area contributed by atoms with Crippen LogP contribution in [-0.4, -0.2) is 30.1 Å². The Balaban J connectivity index is 1.61. The minimum atomic E-state index is 0.112. The van der Waals surface area contributed by atoms with Crippen LogP contribution in [0.4, 0.5) is 0 Å². The number of rotatable bonds is 4. The first kappa shape index (κ1) is 14.6. The highest BCUT2D eigenvalue weighted by Crippen LogP contribution is 2.35. The molecule has 0 aromatic carbocycles. The lowest BCUT2D eigenvalue weighted by atomic mass is 9.90. The molecule has 4 heteroatoms. The van der Waals surface area contributed by atoms with Gasteiger partial charge in [-0.25, -0.2) is 0 Å². The van der Waals surface area contributed by atoms with Gasteiger partial charge in [0.1, 0.15) is 5.76 Å². The molecular formula is C17H25NO3. The number of furan rings is 1. The molecule has 2 aliphatic rings. The highest BCUT2D eigenvalue weighted by atomic mass is 16.5. The SMILES string of the molecule is C[C@@H]1CCN(C(=O)CC[C@@H]2CCCO2)[C@H](c2ccco2)C1. The zero-order valence-corrected chi connectivity index (χ0v) is 12.8. The summed E-state index contributed by atoms with van der Waals surface area (Å²) in [5.41, 5.74) is 0. The molecule has 116 valence electrons. The highest BCUT2D eigenvalue weighted by molar-refractivity contribution is 5.76.